The number of aliphatic carboxylic acids is 1. The van der Waals surface area contributed by atoms with Gasteiger partial charge in [-0.1, -0.05) is 44.2 Å². The second kappa shape index (κ2) is 4.04. The van der Waals surface area contributed by atoms with Crippen molar-refractivity contribution < 1.29 is 18.7 Å². The third kappa shape index (κ3) is 1.71. The lowest BCUT2D eigenvalue weighted by Crippen LogP contribution is -2.32. The van der Waals surface area contributed by atoms with Crippen molar-refractivity contribution in [1.82, 2.24) is 0 Å². The Bertz CT molecular complexity index is 456. The highest BCUT2D eigenvalue weighted by Crippen LogP contribution is 2.69. The Morgan fingerprint density at radius 2 is 1.78 bits per heavy atom. The lowest BCUT2D eigenvalue weighted by molar-refractivity contribution is -0.149. The SMILES string of the molecule is CC(C)C(c1ccccc1)C1(C(=O)O)CC1(F)F. The van der Waals surface area contributed by atoms with E-state index in [-0.39, 0.29) is 5.92 Å². The Morgan fingerprint density at radius 1 is 1.28 bits per heavy atom. The molecule has 2 unspecified atom stereocenters. The van der Waals surface area contributed by atoms with Crippen LogP contribution in [0, 0.1) is 11.3 Å². The van der Waals surface area contributed by atoms with Gasteiger partial charge in [0, 0.05) is 12.3 Å². The van der Waals surface area contributed by atoms with Crippen LogP contribution in [-0.2, 0) is 4.79 Å². The van der Waals surface area contributed by atoms with E-state index in [4.69, 9.17) is 0 Å². The third-order valence-electron chi connectivity index (χ3n) is 3.77. The van der Waals surface area contributed by atoms with E-state index in [2.05, 4.69) is 0 Å². The van der Waals surface area contributed by atoms with Crippen molar-refractivity contribution >= 4 is 5.97 Å². The molecular formula is C14H16F2O2. The number of carboxylic acid groups (broad SMARTS) is 1. The van der Waals surface area contributed by atoms with Crippen LogP contribution in [0.5, 0.6) is 0 Å². The molecule has 0 aromatic heterocycles. The summed E-state index contributed by atoms with van der Waals surface area (Å²) in [5, 5.41) is 9.24. The van der Waals surface area contributed by atoms with Crippen molar-refractivity contribution in [1.29, 1.82) is 0 Å². The molecule has 18 heavy (non-hydrogen) atoms. The van der Waals surface area contributed by atoms with Crippen molar-refractivity contribution in [3.8, 4) is 0 Å². The molecule has 0 bridgehead atoms. The Morgan fingerprint density at radius 3 is 2.11 bits per heavy atom. The summed E-state index contributed by atoms with van der Waals surface area (Å²) in [6.07, 6.45) is -0.562. The largest absolute Gasteiger partial charge is 0.481 e. The van der Waals surface area contributed by atoms with Crippen molar-refractivity contribution in [2.24, 2.45) is 11.3 Å². The average molecular weight is 254 g/mol. The summed E-state index contributed by atoms with van der Waals surface area (Å²) >= 11 is 0. The minimum Gasteiger partial charge on any atom is -0.481 e. The first-order valence-electron chi connectivity index (χ1n) is 5.99. The van der Waals surface area contributed by atoms with E-state index in [1.54, 1.807) is 44.2 Å². The van der Waals surface area contributed by atoms with Crippen LogP contribution >= 0.6 is 0 Å². The molecule has 2 atom stereocenters. The zero-order valence-corrected chi connectivity index (χ0v) is 10.4. The predicted molar refractivity (Wildman–Crippen MR) is 63.7 cm³/mol. The number of halogens is 2. The van der Waals surface area contributed by atoms with Gasteiger partial charge in [0.25, 0.3) is 5.92 Å². The van der Waals surface area contributed by atoms with Crippen LogP contribution in [0.15, 0.2) is 30.3 Å². The monoisotopic (exact) mass is 254 g/mol. The number of benzene rings is 1. The topological polar surface area (TPSA) is 37.3 Å². The van der Waals surface area contributed by atoms with Gasteiger partial charge in [-0.05, 0) is 11.5 Å². The molecule has 98 valence electrons. The molecule has 1 N–H and O–H groups in total. The Kier molecular flexibility index (Phi) is 2.92. The minimum absolute atomic E-state index is 0.156. The summed E-state index contributed by atoms with van der Waals surface area (Å²) in [7, 11) is 0. The molecule has 1 fully saturated rings. The summed E-state index contributed by atoms with van der Waals surface area (Å²) in [5.41, 5.74) is -1.25. The van der Waals surface area contributed by atoms with E-state index >= 15 is 0 Å². The molecule has 1 aromatic carbocycles. The fourth-order valence-electron chi connectivity index (χ4n) is 2.91. The first-order chi connectivity index (χ1) is 8.33. The number of hydrogen-bond acceptors (Lipinski definition) is 1. The smallest absolute Gasteiger partial charge is 0.316 e. The van der Waals surface area contributed by atoms with Crippen LogP contribution in [0.2, 0.25) is 0 Å². The van der Waals surface area contributed by atoms with Crippen LogP contribution in [-0.4, -0.2) is 17.0 Å². The quantitative estimate of drug-likeness (QED) is 0.892. The summed E-state index contributed by atoms with van der Waals surface area (Å²) in [6.45, 7) is 3.58. The maximum Gasteiger partial charge on any atom is 0.316 e. The second-order valence-electron chi connectivity index (χ2n) is 5.29. The fraction of sp³-hybridized carbons (Fsp3) is 0.500. The van der Waals surface area contributed by atoms with Gasteiger partial charge >= 0.3 is 5.97 Å². The molecule has 1 aliphatic rings. The molecule has 1 aliphatic carbocycles. The van der Waals surface area contributed by atoms with E-state index in [0.29, 0.717) is 5.56 Å². The normalized spacial score (nSPS) is 26.9. The van der Waals surface area contributed by atoms with Gasteiger partial charge in [-0.15, -0.1) is 0 Å². The molecule has 0 saturated heterocycles. The molecule has 0 radical (unpaired) electrons. The van der Waals surface area contributed by atoms with E-state index < -0.39 is 29.6 Å². The highest BCUT2D eigenvalue weighted by atomic mass is 19.3. The highest BCUT2D eigenvalue weighted by molar-refractivity contribution is 5.82. The van der Waals surface area contributed by atoms with Gasteiger partial charge in [-0.3, -0.25) is 4.79 Å². The number of carbonyl (C=O) groups is 1. The first kappa shape index (κ1) is 13.0. The predicted octanol–water partition coefficient (Wildman–Crippen LogP) is 3.54. The Labute approximate surface area is 105 Å². The van der Waals surface area contributed by atoms with E-state index in [9.17, 15) is 18.7 Å². The molecule has 2 rings (SSSR count). The Balaban J connectivity index is 2.47. The maximum absolute atomic E-state index is 13.6. The van der Waals surface area contributed by atoms with Crippen molar-refractivity contribution in [3.05, 3.63) is 35.9 Å². The summed E-state index contributed by atoms with van der Waals surface area (Å²) in [6, 6.07) is 8.74. The molecule has 1 aromatic rings. The van der Waals surface area contributed by atoms with Crippen LogP contribution in [0.25, 0.3) is 0 Å². The number of alkyl halides is 2. The summed E-state index contributed by atoms with van der Waals surface area (Å²) < 4.78 is 27.2. The van der Waals surface area contributed by atoms with Gasteiger partial charge in [-0.25, -0.2) is 8.78 Å². The molecule has 1 saturated carbocycles. The standard InChI is InChI=1S/C14H16F2O2/c1-9(2)11(10-6-4-3-5-7-10)13(12(17)18)8-14(13,15)16/h3-7,9,11H,8H2,1-2H3,(H,17,18). The average Bonchev–Trinajstić information content (AvgIpc) is 2.84. The number of carboxylic acids is 1. The minimum atomic E-state index is -3.11. The van der Waals surface area contributed by atoms with Crippen molar-refractivity contribution in [2.45, 2.75) is 32.1 Å². The van der Waals surface area contributed by atoms with Gasteiger partial charge in [-0.2, -0.15) is 0 Å². The Hall–Kier alpha value is -1.45. The first-order valence-corrected chi connectivity index (χ1v) is 5.99. The van der Waals surface area contributed by atoms with Crippen molar-refractivity contribution in [2.75, 3.05) is 0 Å². The number of hydrogen-bond donors (Lipinski definition) is 1. The lowest BCUT2D eigenvalue weighted by atomic mass is 9.75. The van der Waals surface area contributed by atoms with E-state index in [1.165, 1.54) is 0 Å². The highest BCUT2D eigenvalue weighted by Gasteiger charge is 2.79. The van der Waals surface area contributed by atoms with Crippen LogP contribution in [0.4, 0.5) is 8.78 Å². The zero-order valence-electron chi connectivity index (χ0n) is 10.4. The molecule has 0 spiro atoms. The number of rotatable bonds is 4. The third-order valence-corrected chi connectivity index (χ3v) is 3.77. The van der Waals surface area contributed by atoms with Crippen LogP contribution < -0.4 is 0 Å². The van der Waals surface area contributed by atoms with E-state index in [1.807, 2.05) is 0 Å². The molecule has 0 amide bonds. The van der Waals surface area contributed by atoms with Gasteiger partial charge in [0.2, 0.25) is 0 Å². The molecular weight excluding hydrogens is 238 g/mol. The summed E-state index contributed by atoms with van der Waals surface area (Å²) in [5.74, 6) is -5.32. The fourth-order valence-corrected chi connectivity index (χ4v) is 2.91. The second-order valence-corrected chi connectivity index (χ2v) is 5.29. The molecule has 2 nitrogen and oxygen atoms in total. The van der Waals surface area contributed by atoms with E-state index in [0.717, 1.165) is 0 Å². The van der Waals surface area contributed by atoms with Crippen LogP contribution in [0.3, 0.4) is 0 Å². The van der Waals surface area contributed by atoms with Gasteiger partial charge in [0.05, 0.1) is 0 Å². The van der Waals surface area contributed by atoms with Gasteiger partial charge in [0.15, 0.2) is 0 Å². The van der Waals surface area contributed by atoms with Gasteiger partial charge in [0.1, 0.15) is 5.41 Å². The molecule has 4 heteroatoms. The lowest BCUT2D eigenvalue weighted by Gasteiger charge is -2.28. The molecule has 0 aliphatic heterocycles. The molecule has 0 heterocycles. The van der Waals surface area contributed by atoms with Crippen molar-refractivity contribution in [3.63, 3.8) is 0 Å². The maximum atomic E-state index is 13.6. The van der Waals surface area contributed by atoms with Gasteiger partial charge < -0.3 is 5.11 Å². The zero-order chi connectivity index (χ0) is 13.6. The van der Waals surface area contributed by atoms with Crippen LogP contribution in [0.1, 0.15) is 31.7 Å². The summed E-state index contributed by atoms with van der Waals surface area (Å²) in [4.78, 5) is 11.3.